The molecule has 0 saturated carbocycles. The smallest absolute Gasteiger partial charge is 0.338 e. The van der Waals surface area contributed by atoms with Gasteiger partial charge in [-0.3, -0.25) is 19.8 Å². The van der Waals surface area contributed by atoms with Crippen molar-refractivity contribution >= 4 is 28.8 Å². The van der Waals surface area contributed by atoms with Crippen molar-refractivity contribution in [1.82, 2.24) is 20.6 Å². The molecule has 0 radical (unpaired) electrons. The molecule has 68 heavy (non-hydrogen) atoms. The van der Waals surface area contributed by atoms with Crippen LogP contribution < -0.4 is 20.4 Å². The average Bonchev–Trinajstić information content (AvgIpc) is 3.26. The van der Waals surface area contributed by atoms with Crippen LogP contribution in [0.25, 0.3) is 0 Å². The first kappa shape index (κ1) is 48.7. The van der Waals surface area contributed by atoms with Gasteiger partial charge in [0.15, 0.2) is 0 Å². The second kappa shape index (κ2) is 19.4. The first-order valence-corrected chi connectivity index (χ1v) is 24.3. The molecule has 356 valence electrons. The maximum atomic E-state index is 17.1. The van der Waals surface area contributed by atoms with Crippen molar-refractivity contribution in [2.24, 2.45) is 0 Å². The summed E-state index contributed by atoms with van der Waals surface area (Å²) in [6.45, 7) is 30.3. The van der Waals surface area contributed by atoms with Gasteiger partial charge in [-0.15, -0.1) is 0 Å². The van der Waals surface area contributed by atoms with Gasteiger partial charge in [0, 0.05) is 26.2 Å². The molecular weight excluding hydrogens is 841 g/mol. The van der Waals surface area contributed by atoms with Gasteiger partial charge < -0.3 is 20.1 Å². The van der Waals surface area contributed by atoms with Gasteiger partial charge in [-0.05, 0) is 127 Å². The van der Waals surface area contributed by atoms with Gasteiger partial charge >= 0.3 is 6.03 Å². The highest BCUT2D eigenvalue weighted by molar-refractivity contribution is 6.13. The van der Waals surface area contributed by atoms with Gasteiger partial charge in [0.05, 0.1) is 72.0 Å². The summed E-state index contributed by atoms with van der Waals surface area (Å²) in [5.41, 5.74) is 14.3. The minimum atomic E-state index is -0.216. The maximum Gasteiger partial charge on any atom is 0.338 e. The number of carbonyl (C=O) groups excluding carboxylic acids is 1. The third-order valence-electron chi connectivity index (χ3n) is 13.0. The van der Waals surface area contributed by atoms with E-state index in [4.69, 9.17) is 19.4 Å². The number of ether oxygens (including phenoxy) is 2. The van der Waals surface area contributed by atoms with E-state index in [0.29, 0.717) is 52.6 Å². The molecule has 0 atom stereocenters. The Morgan fingerprint density at radius 1 is 0.426 bits per heavy atom. The molecule has 0 fully saturated rings. The molecule has 9 heteroatoms. The number of carbonyl (C=O) groups is 1. The lowest BCUT2D eigenvalue weighted by Crippen LogP contribution is -2.40. The fraction of sp³-hybridized carbons (Fsp3) is 0.407. The molecule has 4 aromatic carbocycles. The maximum absolute atomic E-state index is 17.1. The Kier molecular flexibility index (Phi) is 13.9. The van der Waals surface area contributed by atoms with Crippen LogP contribution in [0.4, 0.5) is 27.5 Å². The van der Waals surface area contributed by atoms with Crippen LogP contribution in [0.1, 0.15) is 150 Å². The van der Waals surface area contributed by atoms with Crippen LogP contribution >= 0.6 is 0 Å². The number of benzene rings is 4. The number of rotatable bonds is 2. The fourth-order valence-electron chi connectivity index (χ4n) is 8.75. The van der Waals surface area contributed by atoms with E-state index in [1.165, 1.54) is 0 Å². The zero-order valence-corrected chi connectivity index (χ0v) is 42.6. The van der Waals surface area contributed by atoms with Crippen molar-refractivity contribution in [1.29, 1.82) is 0 Å². The Morgan fingerprint density at radius 2 is 0.779 bits per heavy atom. The van der Waals surface area contributed by atoms with Crippen molar-refractivity contribution < 1.29 is 14.3 Å². The molecule has 2 aromatic heterocycles. The highest BCUT2D eigenvalue weighted by atomic mass is 16.5. The summed E-state index contributed by atoms with van der Waals surface area (Å²) in [6, 6.07) is 38.4. The van der Waals surface area contributed by atoms with Crippen LogP contribution in [0, 0.1) is 0 Å². The standard InChI is InChI=1S/C59H72N6O3/c1-56(2,3)43-25-44(57(4,5)6)28-51(27-43)64-53-23-39-19-21-41(53)31-60-33-47-15-13-16-48(62-47)34-61-32-42-22-20-40(36-68-38-50-18-14-17-49(63-50)37-67-35-39)24-54(42)65(55(64)66)52-29-45(58(7,8)9)26-46(30-52)59(10,11)12/h13-30,60-61H,31-38H2,1-12H3. The number of hydrogen-bond donors (Lipinski definition) is 2. The van der Waals surface area contributed by atoms with Crippen molar-refractivity contribution in [3.05, 3.63) is 176 Å². The highest BCUT2D eigenvalue weighted by Crippen LogP contribution is 2.43. The van der Waals surface area contributed by atoms with Gasteiger partial charge in [-0.1, -0.05) is 132 Å². The van der Waals surface area contributed by atoms with Gasteiger partial charge in [0.1, 0.15) is 0 Å². The van der Waals surface area contributed by atoms with E-state index in [-0.39, 0.29) is 27.7 Å². The molecule has 8 rings (SSSR count). The van der Waals surface area contributed by atoms with Crippen molar-refractivity contribution in [2.75, 3.05) is 9.80 Å². The molecule has 9 nitrogen and oxygen atoms in total. The number of nitrogens with zero attached hydrogens (tertiary/aromatic N) is 4. The predicted octanol–water partition coefficient (Wildman–Crippen LogP) is 13.4. The molecular formula is C59H72N6O3. The lowest BCUT2D eigenvalue weighted by atomic mass is 9.80. The lowest BCUT2D eigenvalue weighted by molar-refractivity contribution is 0.0981. The molecule has 8 bridgehead atoms. The number of aromatic nitrogens is 2. The molecule has 2 aliphatic heterocycles. The zero-order valence-electron chi connectivity index (χ0n) is 42.6. The van der Waals surface area contributed by atoms with Gasteiger partial charge in [-0.2, -0.15) is 0 Å². The second-order valence-electron chi connectivity index (χ2n) is 22.8. The summed E-state index contributed by atoms with van der Waals surface area (Å²) < 4.78 is 12.9. The van der Waals surface area contributed by atoms with Crippen molar-refractivity contribution in [2.45, 2.75) is 157 Å². The highest BCUT2D eigenvalue weighted by Gasteiger charge is 2.34. The predicted molar refractivity (Wildman–Crippen MR) is 277 cm³/mol. The summed E-state index contributed by atoms with van der Waals surface area (Å²) in [6.07, 6.45) is 0. The Labute approximate surface area is 405 Å². The third kappa shape index (κ3) is 11.4. The van der Waals surface area contributed by atoms with E-state index in [1.807, 2.05) is 28.0 Å². The van der Waals surface area contributed by atoms with Gasteiger partial charge in [-0.25, -0.2) is 4.79 Å². The summed E-state index contributed by atoms with van der Waals surface area (Å²) >= 11 is 0. The largest absolute Gasteiger partial charge is 0.370 e. The van der Waals surface area contributed by atoms with Crippen LogP contribution in [0.2, 0.25) is 0 Å². The average molecular weight is 913 g/mol. The molecule has 6 aromatic rings. The SMILES string of the molecule is CC(C)(C)c1cc(N2C(=O)N(c3cc(C(C)(C)C)cc(C(C)(C)C)c3)c3cc4ccc3CNCc3cccc(n3)CNCc3ccc(cc32)COCc2cccc(n2)COC4)cc(C(C)(C)C)c1. The van der Waals surface area contributed by atoms with E-state index in [0.717, 1.165) is 90.0 Å². The van der Waals surface area contributed by atoms with E-state index < -0.39 is 0 Å². The normalized spacial score (nSPS) is 15.8. The molecule has 0 unspecified atom stereocenters. The molecule has 2 N–H and O–H groups in total. The number of urea groups is 1. The summed E-state index contributed by atoms with van der Waals surface area (Å²) in [5, 5.41) is 7.44. The van der Waals surface area contributed by atoms with Crippen LogP contribution in [0.5, 0.6) is 0 Å². The molecule has 4 heterocycles. The monoisotopic (exact) mass is 913 g/mol. The zero-order chi connectivity index (χ0) is 48.6. The number of fused-ring (bicyclic) bond motifs is 8. The van der Waals surface area contributed by atoms with Crippen LogP contribution in [-0.4, -0.2) is 16.0 Å². The summed E-state index contributed by atoms with van der Waals surface area (Å²) in [4.78, 5) is 31.0. The van der Waals surface area contributed by atoms with E-state index >= 15 is 4.79 Å². The molecule has 0 spiro atoms. The summed E-state index contributed by atoms with van der Waals surface area (Å²) in [7, 11) is 0. The molecule has 2 aliphatic rings. The number of hydrogen-bond acceptors (Lipinski definition) is 7. The Bertz CT molecular complexity index is 2540. The van der Waals surface area contributed by atoms with Gasteiger partial charge in [0.25, 0.3) is 0 Å². The fourth-order valence-corrected chi connectivity index (χ4v) is 8.75. The number of anilines is 4. The van der Waals surface area contributed by atoms with E-state index in [1.54, 1.807) is 0 Å². The molecule has 0 saturated heterocycles. The number of pyridine rings is 2. The Balaban J connectivity index is 1.49. The first-order chi connectivity index (χ1) is 32.1. The van der Waals surface area contributed by atoms with Crippen molar-refractivity contribution in [3.63, 3.8) is 0 Å². The Morgan fingerprint density at radius 3 is 1.15 bits per heavy atom. The third-order valence-corrected chi connectivity index (χ3v) is 13.0. The first-order valence-electron chi connectivity index (χ1n) is 24.3. The van der Waals surface area contributed by atoms with Crippen LogP contribution in [0.3, 0.4) is 0 Å². The topological polar surface area (TPSA) is 91.9 Å². The van der Waals surface area contributed by atoms with E-state index in [9.17, 15) is 0 Å². The quantitative estimate of drug-likeness (QED) is 0.179. The van der Waals surface area contributed by atoms with Crippen LogP contribution in [-0.2, 0) is 83.7 Å². The lowest BCUT2D eigenvalue weighted by Gasteiger charge is -2.36. The molecule has 2 amide bonds. The number of nitrogens with one attached hydrogen (secondary N) is 2. The minimum Gasteiger partial charge on any atom is -0.370 e. The number of amides is 2. The Hall–Kier alpha value is -5.71. The van der Waals surface area contributed by atoms with E-state index in [2.05, 4.69) is 185 Å². The summed E-state index contributed by atoms with van der Waals surface area (Å²) in [5.74, 6) is 0. The second-order valence-corrected chi connectivity index (χ2v) is 22.8. The van der Waals surface area contributed by atoms with Crippen molar-refractivity contribution in [3.8, 4) is 0 Å². The van der Waals surface area contributed by atoms with Crippen LogP contribution in [0.15, 0.2) is 109 Å². The molecule has 0 aliphatic carbocycles. The minimum absolute atomic E-state index is 0.195. The van der Waals surface area contributed by atoms with Gasteiger partial charge in [0.2, 0.25) is 0 Å².